The van der Waals surface area contributed by atoms with Crippen LogP contribution in [0.25, 0.3) is 0 Å². The number of hydrogen-bond donors (Lipinski definition) is 2. The molecule has 3 nitrogen and oxygen atoms in total. The van der Waals surface area contributed by atoms with E-state index < -0.39 is 12.2 Å². The Morgan fingerprint density at radius 2 is 1.40 bits per heavy atom. The molecule has 1 aromatic carbocycles. The second kappa shape index (κ2) is 3.04. The van der Waals surface area contributed by atoms with Crippen molar-refractivity contribution in [3.63, 3.8) is 0 Å². The molecule has 0 saturated carbocycles. The lowest BCUT2D eigenvalue weighted by Gasteiger charge is -2.28. The number of rotatable bonds is 0. The monoisotopic (exact) mass is 206 g/mol. The number of aliphatic hydroxyl groups excluding tert-OH is 2. The third-order valence-corrected chi connectivity index (χ3v) is 3.72. The first-order valence-electron chi connectivity index (χ1n) is 5.47. The van der Waals surface area contributed by atoms with Gasteiger partial charge in [0, 0.05) is 11.1 Å². The first-order valence-corrected chi connectivity index (χ1v) is 5.47. The molecule has 1 aromatic rings. The maximum Gasteiger partial charge on any atom is 0.134 e. The van der Waals surface area contributed by atoms with Gasteiger partial charge in [0.25, 0.3) is 0 Å². The molecule has 1 saturated heterocycles. The van der Waals surface area contributed by atoms with Crippen LogP contribution in [-0.2, 0) is 13.1 Å². The van der Waals surface area contributed by atoms with Gasteiger partial charge in [-0.25, -0.2) is 0 Å². The summed E-state index contributed by atoms with van der Waals surface area (Å²) in [6.07, 6.45) is -1.08. The van der Waals surface area contributed by atoms with Crippen molar-refractivity contribution in [3.8, 4) is 0 Å². The van der Waals surface area contributed by atoms with Crippen LogP contribution in [0.15, 0.2) is 24.3 Å². The van der Waals surface area contributed by atoms with E-state index in [2.05, 4.69) is 24.3 Å². The predicted octanol–water partition coefficient (Wildman–Crippen LogP) is 0.252. The summed E-state index contributed by atoms with van der Waals surface area (Å²) in [6, 6.07) is 8.42. The van der Waals surface area contributed by atoms with Gasteiger partial charge in [0.2, 0.25) is 0 Å². The Morgan fingerprint density at radius 1 is 0.933 bits per heavy atom. The fraction of sp³-hybridized carbons (Fsp3) is 0.500. The van der Waals surface area contributed by atoms with Crippen molar-refractivity contribution >= 4 is 0 Å². The van der Waals surface area contributed by atoms with Crippen LogP contribution in [0, 0.1) is 0 Å². The molecule has 0 aliphatic carbocycles. The molecule has 0 aromatic heterocycles. The molecule has 1 spiro atoms. The third kappa shape index (κ3) is 1.39. The van der Waals surface area contributed by atoms with Gasteiger partial charge in [0.15, 0.2) is 0 Å². The van der Waals surface area contributed by atoms with Gasteiger partial charge in [0.1, 0.15) is 38.4 Å². The SMILES string of the molecule is O[C@H]1C[N+]2(Cc3ccccc3C2)C[C@@H]1O. The second-order valence-corrected chi connectivity index (χ2v) is 4.93. The first-order chi connectivity index (χ1) is 7.19. The van der Waals surface area contributed by atoms with Crippen molar-refractivity contribution in [1.82, 2.24) is 0 Å². The molecular formula is C12H16NO2+. The molecule has 15 heavy (non-hydrogen) atoms. The van der Waals surface area contributed by atoms with Crippen LogP contribution in [-0.4, -0.2) is 40.0 Å². The standard InChI is InChI=1S/C12H16NO2/c14-11-7-13(8-12(11)15)5-9-3-1-2-4-10(9)6-13/h1-4,11-12,14-15H,5-8H2/q+1/t11-,12-/m0/s1. The number of quaternary nitrogens is 1. The van der Waals surface area contributed by atoms with Crippen molar-refractivity contribution in [1.29, 1.82) is 0 Å². The molecular weight excluding hydrogens is 190 g/mol. The van der Waals surface area contributed by atoms with Crippen LogP contribution >= 0.6 is 0 Å². The topological polar surface area (TPSA) is 40.5 Å². The molecule has 3 rings (SSSR count). The Morgan fingerprint density at radius 3 is 1.87 bits per heavy atom. The number of hydrogen-bond acceptors (Lipinski definition) is 2. The number of aliphatic hydroxyl groups is 2. The summed E-state index contributed by atoms with van der Waals surface area (Å²) in [6.45, 7) is 3.31. The van der Waals surface area contributed by atoms with Gasteiger partial charge in [-0.2, -0.15) is 0 Å². The quantitative estimate of drug-likeness (QED) is 0.597. The predicted molar refractivity (Wildman–Crippen MR) is 55.9 cm³/mol. The molecule has 0 amide bonds. The largest absolute Gasteiger partial charge is 0.384 e. The van der Waals surface area contributed by atoms with E-state index in [0.29, 0.717) is 13.1 Å². The highest BCUT2D eigenvalue weighted by atomic mass is 16.3. The highest BCUT2D eigenvalue weighted by Crippen LogP contribution is 2.34. The Hall–Kier alpha value is -0.900. The lowest BCUT2D eigenvalue weighted by molar-refractivity contribution is -0.938. The first kappa shape index (κ1) is 9.33. The average molecular weight is 206 g/mol. The van der Waals surface area contributed by atoms with E-state index in [1.165, 1.54) is 11.1 Å². The van der Waals surface area contributed by atoms with E-state index in [1.807, 2.05) is 0 Å². The number of benzene rings is 1. The molecule has 3 heteroatoms. The summed E-state index contributed by atoms with van der Waals surface area (Å²) in [5, 5.41) is 19.3. The van der Waals surface area contributed by atoms with E-state index in [1.54, 1.807) is 0 Å². The molecule has 2 N–H and O–H groups in total. The summed E-state index contributed by atoms with van der Waals surface area (Å²) >= 11 is 0. The molecule has 0 radical (unpaired) electrons. The second-order valence-electron chi connectivity index (χ2n) is 4.93. The van der Waals surface area contributed by atoms with E-state index in [9.17, 15) is 10.2 Å². The zero-order valence-corrected chi connectivity index (χ0v) is 8.63. The van der Waals surface area contributed by atoms with E-state index in [-0.39, 0.29) is 0 Å². The van der Waals surface area contributed by atoms with Gasteiger partial charge in [-0.15, -0.1) is 0 Å². The molecule has 2 aliphatic heterocycles. The minimum atomic E-state index is -0.542. The lowest BCUT2D eigenvalue weighted by Crippen LogP contribution is -2.41. The van der Waals surface area contributed by atoms with E-state index >= 15 is 0 Å². The maximum atomic E-state index is 9.64. The highest BCUT2D eigenvalue weighted by molar-refractivity contribution is 5.28. The lowest BCUT2D eigenvalue weighted by atomic mass is 10.1. The normalized spacial score (nSPS) is 32.1. The zero-order chi connectivity index (χ0) is 10.5. The average Bonchev–Trinajstić information content (AvgIpc) is 2.66. The van der Waals surface area contributed by atoms with Crippen LogP contribution in [0.4, 0.5) is 0 Å². The van der Waals surface area contributed by atoms with Gasteiger partial charge in [-0.05, 0) is 0 Å². The van der Waals surface area contributed by atoms with Crippen LogP contribution in [0.5, 0.6) is 0 Å². The smallest absolute Gasteiger partial charge is 0.134 e. The van der Waals surface area contributed by atoms with Crippen LogP contribution in [0.3, 0.4) is 0 Å². The summed E-state index contributed by atoms with van der Waals surface area (Å²) in [4.78, 5) is 0. The van der Waals surface area contributed by atoms with Gasteiger partial charge in [-0.3, -0.25) is 0 Å². The Bertz CT molecular complexity index is 354. The fourth-order valence-corrected chi connectivity index (χ4v) is 3.01. The van der Waals surface area contributed by atoms with Crippen LogP contribution in [0.2, 0.25) is 0 Å². The fourth-order valence-electron chi connectivity index (χ4n) is 3.01. The summed E-state index contributed by atoms with van der Waals surface area (Å²) < 4.78 is 0.835. The summed E-state index contributed by atoms with van der Waals surface area (Å²) in [5.41, 5.74) is 2.75. The van der Waals surface area contributed by atoms with Gasteiger partial charge < -0.3 is 14.7 Å². The molecule has 2 aliphatic rings. The van der Waals surface area contributed by atoms with Crippen molar-refractivity contribution in [2.45, 2.75) is 25.3 Å². The van der Waals surface area contributed by atoms with Crippen molar-refractivity contribution in [3.05, 3.63) is 35.4 Å². The third-order valence-electron chi connectivity index (χ3n) is 3.72. The Labute approximate surface area is 89.2 Å². The Balaban J connectivity index is 1.90. The molecule has 80 valence electrons. The van der Waals surface area contributed by atoms with E-state index in [0.717, 1.165) is 17.6 Å². The number of fused-ring (bicyclic) bond motifs is 1. The maximum absolute atomic E-state index is 9.64. The molecule has 0 unspecified atom stereocenters. The summed E-state index contributed by atoms with van der Waals surface area (Å²) in [5.74, 6) is 0. The molecule has 0 bridgehead atoms. The minimum Gasteiger partial charge on any atom is -0.384 e. The van der Waals surface area contributed by atoms with Gasteiger partial charge in [0.05, 0.1) is 0 Å². The number of nitrogens with zero attached hydrogens (tertiary/aromatic N) is 1. The van der Waals surface area contributed by atoms with Crippen LogP contribution in [0.1, 0.15) is 11.1 Å². The summed E-state index contributed by atoms with van der Waals surface area (Å²) in [7, 11) is 0. The van der Waals surface area contributed by atoms with Crippen molar-refractivity contribution < 1.29 is 14.7 Å². The van der Waals surface area contributed by atoms with Crippen molar-refractivity contribution in [2.75, 3.05) is 13.1 Å². The molecule has 1 fully saturated rings. The highest BCUT2D eigenvalue weighted by Gasteiger charge is 2.47. The minimum absolute atomic E-state index is 0.542. The molecule has 2 heterocycles. The van der Waals surface area contributed by atoms with Gasteiger partial charge in [-0.1, -0.05) is 24.3 Å². The van der Waals surface area contributed by atoms with E-state index in [4.69, 9.17) is 0 Å². The van der Waals surface area contributed by atoms with Gasteiger partial charge >= 0.3 is 0 Å². The molecule has 2 atom stereocenters. The zero-order valence-electron chi connectivity index (χ0n) is 8.63. The Kier molecular flexibility index (Phi) is 1.89. The van der Waals surface area contributed by atoms with Crippen molar-refractivity contribution in [2.24, 2.45) is 0 Å². The van der Waals surface area contributed by atoms with Crippen LogP contribution < -0.4 is 0 Å².